The average Bonchev–Trinajstić information content (AvgIpc) is 2.97. The Hall–Kier alpha value is -2.45. The van der Waals surface area contributed by atoms with Crippen LogP contribution >= 0.6 is 27.3 Å². The summed E-state index contributed by atoms with van der Waals surface area (Å²) in [4.78, 5) is 24.9. The molecule has 0 spiro atoms. The Kier molecular flexibility index (Phi) is 5.76. The first kappa shape index (κ1) is 19.3. The van der Waals surface area contributed by atoms with Gasteiger partial charge in [-0.3, -0.25) is 20.4 Å². The van der Waals surface area contributed by atoms with Gasteiger partial charge in [0.05, 0.1) is 4.88 Å². The number of hydrogen-bond donors (Lipinski definition) is 2. The van der Waals surface area contributed by atoms with Crippen molar-refractivity contribution in [2.24, 2.45) is 0 Å². The molecule has 5 nitrogen and oxygen atoms in total. The van der Waals surface area contributed by atoms with Crippen molar-refractivity contribution >= 4 is 49.2 Å². The normalized spacial score (nSPS) is 11.9. The maximum absolute atomic E-state index is 14.0. The van der Waals surface area contributed by atoms with Crippen LogP contribution in [0.25, 0.3) is 10.1 Å². The molecule has 3 rings (SSSR count). The third kappa shape index (κ3) is 4.28. The molecule has 1 heterocycles. The van der Waals surface area contributed by atoms with Crippen LogP contribution in [0.15, 0.2) is 46.9 Å². The smallest absolute Gasteiger partial charge is 0.280 e. The molecule has 140 valence electrons. The summed E-state index contributed by atoms with van der Waals surface area (Å²) in [6.45, 7) is 3.25. The van der Waals surface area contributed by atoms with E-state index in [-0.39, 0.29) is 5.82 Å². The zero-order valence-corrected chi connectivity index (χ0v) is 16.9. The lowest BCUT2D eigenvalue weighted by molar-refractivity contribution is -0.128. The number of nitrogens with one attached hydrogen (secondary N) is 2. The minimum atomic E-state index is -0.819. The van der Waals surface area contributed by atoms with Crippen molar-refractivity contribution in [2.45, 2.75) is 20.0 Å². The van der Waals surface area contributed by atoms with E-state index in [9.17, 15) is 14.0 Å². The van der Waals surface area contributed by atoms with E-state index in [2.05, 4.69) is 26.8 Å². The third-order valence-corrected chi connectivity index (χ3v) is 5.64. The number of ether oxygens (including phenoxy) is 1. The van der Waals surface area contributed by atoms with Crippen LogP contribution in [0.5, 0.6) is 5.75 Å². The highest BCUT2D eigenvalue weighted by Gasteiger charge is 2.20. The summed E-state index contributed by atoms with van der Waals surface area (Å²) in [5.41, 5.74) is 5.24. The van der Waals surface area contributed by atoms with Gasteiger partial charge in [-0.1, -0.05) is 28.1 Å². The van der Waals surface area contributed by atoms with E-state index in [1.54, 1.807) is 44.2 Å². The molecule has 27 heavy (non-hydrogen) atoms. The quantitative estimate of drug-likeness (QED) is 0.580. The van der Waals surface area contributed by atoms with Crippen LogP contribution in [0.3, 0.4) is 0 Å². The van der Waals surface area contributed by atoms with Gasteiger partial charge >= 0.3 is 0 Å². The number of benzene rings is 2. The number of halogens is 2. The SMILES string of the molecule is Cc1c(C(=O)NNC(=O)C(C)Oc2cccc(Br)c2)sc2cccc(F)c12. The monoisotopic (exact) mass is 450 g/mol. The van der Waals surface area contributed by atoms with Crippen molar-refractivity contribution in [3.8, 4) is 5.75 Å². The molecule has 0 aliphatic carbocycles. The molecular formula is C19H16BrFN2O3S. The van der Waals surface area contributed by atoms with Gasteiger partial charge in [0, 0.05) is 14.6 Å². The molecule has 0 fully saturated rings. The van der Waals surface area contributed by atoms with Gasteiger partial charge in [-0.05, 0) is 49.7 Å². The fraction of sp³-hybridized carbons (Fsp3) is 0.158. The standard InChI is InChI=1S/C19H16BrFN2O3S/c1-10-16-14(21)7-4-8-15(16)27-17(10)19(25)23-22-18(24)11(2)26-13-6-3-5-12(20)9-13/h3-9,11H,1-2H3,(H,22,24)(H,23,25). The number of amides is 2. The van der Waals surface area contributed by atoms with Gasteiger partial charge in [-0.15, -0.1) is 11.3 Å². The molecule has 0 bridgehead atoms. The number of carbonyl (C=O) groups excluding carboxylic acids is 2. The Morgan fingerprint density at radius 2 is 1.93 bits per heavy atom. The molecule has 0 saturated heterocycles. The Morgan fingerprint density at radius 1 is 1.19 bits per heavy atom. The number of carbonyl (C=O) groups is 2. The molecule has 0 aliphatic heterocycles. The summed E-state index contributed by atoms with van der Waals surface area (Å²) in [6.07, 6.45) is -0.819. The number of hydrazine groups is 1. The lowest BCUT2D eigenvalue weighted by atomic mass is 10.1. The summed E-state index contributed by atoms with van der Waals surface area (Å²) < 4.78 is 21.0. The van der Waals surface area contributed by atoms with E-state index in [0.717, 1.165) is 4.47 Å². The zero-order valence-electron chi connectivity index (χ0n) is 14.5. The summed E-state index contributed by atoms with van der Waals surface area (Å²) >= 11 is 4.50. The second kappa shape index (κ2) is 8.06. The maximum atomic E-state index is 14.0. The number of fused-ring (bicyclic) bond motifs is 1. The second-order valence-corrected chi connectivity index (χ2v) is 7.80. The van der Waals surface area contributed by atoms with Crippen LogP contribution in [0.1, 0.15) is 22.2 Å². The summed E-state index contributed by atoms with van der Waals surface area (Å²) in [5.74, 6) is -0.862. The first-order valence-corrected chi connectivity index (χ1v) is 9.68. The molecule has 2 N–H and O–H groups in total. The lowest BCUT2D eigenvalue weighted by Crippen LogP contribution is -2.47. The highest BCUT2D eigenvalue weighted by atomic mass is 79.9. The van der Waals surface area contributed by atoms with E-state index in [4.69, 9.17) is 4.74 Å². The van der Waals surface area contributed by atoms with E-state index >= 15 is 0 Å². The van der Waals surface area contributed by atoms with Crippen LogP contribution in [-0.4, -0.2) is 17.9 Å². The number of rotatable bonds is 4. The summed E-state index contributed by atoms with van der Waals surface area (Å²) in [6, 6.07) is 11.8. The number of aryl methyl sites for hydroxylation is 1. The zero-order chi connectivity index (χ0) is 19.6. The highest BCUT2D eigenvalue weighted by molar-refractivity contribution is 9.10. The topological polar surface area (TPSA) is 67.4 Å². The van der Waals surface area contributed by atoms with E-state index in [1.807, 2.05) is 6.07 Å². The van der Waals surface area contributed by atoms with Gasteiger partial charge in [-0.2, -0.15) is 0 Å². The molecule has 1 unspecified atom stereocenters. The Labute approximate surface area is 167 Å². The van der Waals surface area contributed by atoms with Crippen LogP contribution in [0.4, 0.5) is 4.39 Å². The van der Waals surface area contributed by atoms with Crippen molar-refractivity contribution in [1.82, 2.24) is 10.9 Å². The maximum Gasteiger partial charge on any atom is 0.280 e. The summed E-state index contributed by atoms with van der Waals surface area (Å²) in [5, 5.41) is 0.422. The largest absolute Gasteiger partial charge is 0.481 e. The molecule has 0 radical (unpaired) electrons. The molecule has 8 heteroatoms. The lowest BCUT2D eigenvalue weighted by Gasteiger charge is -2.15. The molecule has 1 aromatic heterocycles. The van der Waals surface area contributed by atoms with Crippen LogP contribution in [0, 0.1) is 12.7 Å². The first-order valence-electron chi connectivity index (χ1n) is 8.07. The fourth-order valence-electron chi connectivity index (χ4n) is 2.54. The van der Waals surface area contributed by atoms with E-state index in [1.165, 1.54) is 17.4 Å². The second-order valence-electron chi connectivity index (χ2n) is 5.83. The van der Waals surface area contributed by atoms with E-state index in [0.29, 0.717) is 26.3 Å². The predicted molar refractivity (Wildman–Crippen MR) is 106 cm³/mol. The molecule has 3 aromatic rings. The van der Waals surface area contributed by atoms with Crippen LogP contribution in [-0.2, 0) is 4.79 Å². The van der Waals surface area contributed by atoms with Gasteiger partial charge in [0.25, 0.3) is 11.8 Å². The Balaban J connectivity index is 1.64. The third-order valence-electron chi connectivity index (χ3n) is 3.89. The molecule has 0 saturated carbocycles. The molecule has 2 aromatic carbocycles. The van der Waals surface area contributed by atoms with Gasteiger partial charge < -0.3 is 4.74 Å². The minimum absolute atomic E-state index is 0.343. The predicted octanol–water partition coefficient (Wildman–Crippen LogP) is 4.34. The van der Waals surface area contributed by atoms with Crippen LogP contribution in [0.2, 0.25) is 0 Å². The summed E-state index contributed by atoms with van der Waals surface area (Å²) in [7, 11) is 0. The average molecular weight is 451 g/mol. The van der Waals surface area contributed by atoms with Gasteiger partial charge in [-0.25, -0.2) is 4.39 Å². The van der Waals surface area contributed by atoms with Crippen molar-refractivity contribution in [3.05, 3.63) is 63.2 Å². The Morgan fingerprint density at radius 3 is 2.63 bits per heavy atom. The fourth-order valence-corrected chi connectivity index (χ4v) is 4.04. The number of hydrogen-bond acceptors (Lipinski definition) is 4. The van der Waals surface area contributed by atoms with E-state index < -0.39 is 17.9 Å². The molecule has 1 atom stereocenters. The van der Waals surface area contributed by atoms with Crippen LogP contribution < -0.4 is 15.6 Å². The van der Waals surface area contributed by atoms with Crippen molar-refractivity contribution in [1.29, 1.82) is 0 Å². The van der Waals surface area contributed by atoms with Gasteiger partial charge in [0.1, 0.15) is 11.6 Å². The van der Waals surface area contributed by atoms with Crippen molar-refractivity contribution in [2.75, 3.05) is 0 Å². The van der Waals surface area contributed by atoms with Gasteiger partial charge in [0.15, 0.2) is 6.10 Å². The molecular weight excluding hydrogens is 435 g/mol. The van der Waals surface area contributed by atoms with Crippen molar-refractivity contribution in [3.63, 3.8) is 0 Å². The Bertz CT molecular complexity index is 1020. The molecule has 0 aliphatic rings. The molecule has 2 amide bonds. The first-order chi connectivity index (χ1) is 12.9. The van der Waals surface area contributed by atoms with Gasteiger partial charge in [0.2, 0.25) is 0 Å². The highest BCUT2D eigenvalue weighted by Crippen LogP contribution is 2.32. The minimum Gasteiger partial charge on any atom is -0.481 e. The number of thiophene rings is 1. The van der Waals surface area contributed by atoms with Crippen molar-refractivity contribution < 1.29 is 18.7 Å².